The predicted molar refractivity (Wildman–Crippen MR) is 95.4 cm³/mol. The van der Waals surface area contributed by atoms with Crippen molar-refractivity contribution in [1.82, 2.24) is 19.5 Å². The summed E-state index contributed by atoms with van der Waals surface area (Å²) in [6.07, 6.45) is 9.21. The molecule has 0 aromatic carbocycles. The molecule has 0 amide bonds. The first-order valence-electron chi connectivity index (χ1n) is 9.15. The standard InChI is InChI=1S/C20H24N4O/c1-20(2,3)18-9-19-21-10-15-16-5-4-14(8-17(15)24(19)22-18)23(16)11-13-6-7-25-12-13/h6-7,9-10,12,14,16H,4-5,8,11H2,1-3H3. The highest BCUT2D eigenvalue weighted by Crippen LogP contribution is 2.44. The van der Waals surface area contributed by atoms with Crippen molar-refractivity contribution in [2.45, 2.75) is 64.1 Å². The van der Waals surface area contributed by atoms with E-state index >= 15 is 0 Å². The van der Waals surface area contributed by atoms with Gasteiger partial charge in [0, 0.05) is 53.9 Å². The van der Waals surface area contributed by atoms with Crippen LogP contribution in [-0.4, -0.2) is 25.5 Å². The minimum atomic E-state index is 0.0432. The highest BCUT2D eigenvalue weighted by molar-refractivity contribution is 5.45. The summed E-state index contributed by atoms with van der Waals surface area (Å²) < 4.78 is 7.36. The average molecular weight is 336 g/mol. The lowest BCUT2D eigenvalue weighted by molar-refractivity contribution is 0.164. The quantitative estimate of drug-likeness (QED) is 0.712. The van der Waals surface area contributed by atoms with Crippen molar-refractivity contribution < 1.29 is 4.42 Å². The molecule has 5 heterocycles. The van der Waals surface area contributed by atoms with Gasteiger partial charge in [-0.15, -0.1) is 0 Å². The molecule has 0 spiro atoms. The third kappa shape index (κ3) is 2.33. The van der Waals surface area contributed by atoms with Gasteiger partial charge in [-0.2, -0.15) is 5.10 Å². The molecule has 0 N–H and O–H groups in total. The molecule has 0 aliphatic carbocycles. The number of fused-ring (bicyclic) bond motifs is 6. The second-order valence-electron chi connectivity index (χ2n) is 8.46. The summed E-state index contributed by atoms with van der Waals surface area (Å²) >= 11 is 0. The molecule has 5 rings (SSSR count). The first-order valence-corrected chi connectivity index (χ1v) is 9.15. The average Bonchev–Trinajstić information content (AvgIpc) is 3.27. The molecule has 0 saturated carbocycles. The topological polar surface area (TPSA) is 46.6 Å². The molecule has 3 aromatic rings. The van der Waals surface area contributed by atoms with E-state index in [1.807, 2.05) is 6.26 Å². The maximum absolute atomic E-state index is 5.26. The molecule has 1 saturated heterocycles. The van der Waals surface area contributed by atoms with Gasteiger partial charge in [0.25, 0.3) is 0 Å². The maximum atomic E-state index is 5.26. The summed E-state index contributed by atoms with van der Waals surface area (Å²) in [5, 5.41) is 4.92. The molecule has 25 heavy (non-hydrogen) atoms. The monoisotopic (exact) mass is 336 g/mol. The Morgan fingerprint density at radius 1 is 1.28 bits per heavy atom. The van der Waals surface area contributed by atoms with Crippen molar-refractivity contribution in [1.29, 1.82) is 0 Å². The fraction of sp³-hybridized carbons (Fsp3) is 0.500. The van der Waals surface area contributed by atoms with Gasteiger partial charge in [0.15, 0.2) is 5.65 Å². The van der Waals surface area contributed by atoms with E-state index in [0.29, 0.717) is 12.1 Å². The molecule has 2 bridgehead atoms. The van der Waals surface area contributed by atoms with E-state index in [-0.39, 0.29) is 5.41 Å². The summed E-state index contributed by atoms with van der Waals surface area (Å²) in [4.78, 5) is 7.35. The van der Waals surface area contributed by atoms with E-state index in [1.54, 1.807) is 6.26 Å². The zero-order valence-electron chi connectivity index (χ0n) is 15.1. The second-order valence-corrected chi connectivity index (χ2v) is 8.46. The van der Waals surface area contributed by atoms with Gasteiger partial charge >= 0.3 is 0 Å². The Bertz CT molecular complexity index is 919. The summed E-state index contributed by atoms with van der Waals surface area (Å²) in [7, 11) is 0. The molecule has 5 heteroatoms. The van der Waals surface area contributed by atoms with Crippen LogP contribution < -0.4 is 0 Å². The first kappa shape index (κ1) is 15.1. The van der Waals surface area contributed by atoms with Gasteiger partial charge in [-0.25, -0.2) is 9.50 Å². The van der Waals surface area contributed by atoms with E-state index < -0.39 is 0 Å². The van der Waals surface area contributed by atoms with Crippen LogP contribution >= 0.6 is 0 Å². The molecule has 2 unspecified atom stereocenters. The Kier molecular flexibility index (Phi) is 3.14. The Morgan fingerprint density at radius 2 is 2.16 bits per heavy atom. The number of aromatic nitrogens is 3. The zero-order valence-corrected chi connectivity index (χ0v) is 15.1. The highest BCUT2D eigenvalue weighted by Gasteiger charge is 2.41. The summed E-state index contributed by atoms with van der Waals surface area (Å²) in [6.45, 7) is 7.57. The fourth-order valence-electron chi connectivity index (χ4n) is 4.39. The number of hydrogen-bond acceptors (Lipinski definition) is 4. The Morgan fingerprint density at radius 3 is 2.92 bits per heavy atom. The normalized spacial score (nSPS) is 23.3. The minimum Gasteiger partial charge on any atom is -0.472 e. The fourth-order valence-corrected chi connectivity index (χ4v) is 4.39. The third-order valence-corrected chi connectivity index (χ3v) is 5.76. The van der Waals surface area contributed by atoms with Crippen molar-refractivity contribution in [3.05, 3.63) is 53.4 Å². The van der Waals surface area contributed by atoms with Crippen LogP contribution in [0.5, 0.6) is 0 Å². The van der Waals surface area contributed by atoms with Gasteiger partial charge in [-0.05, 0) is 18.9 Å². The minimum absolute atomic E-state index is 0.0432. The molecule has 130 valence electrons. The van der Waals surface area contributed by atoms with Gasteiger partial charge in [-0.1, -0.05) is 20.8 Å². The van der Waals surface area contributed by atoms with Crippen molar-refractivity contribution in [2.24, 2.45) is 0 Å². The molecule has 2 aliphatic heterocycles. The van der Waals surface area contributed by atoms with Gasteiger partial charge in [0.2, 0.25) is 0 Å². The van der Waals surface area contributed by atoms with E-state index in [1.165, 1.54) is 29.7 Å². The van der Waals surface area contributed by atoms with Gasteiger partial charge in [0.05, 0.1) is 23.9 Å². The van der Waals surface area contributed by atoms with E-state index in [2.05, 4.69) is 48.5 Å². The molecule has 0 radical (unpaired) electrons. The van der Waals surface area contributed by atoms with Crippen LogP contribution in [0.1, 0.15) is 62.2 Å². The van der Waals surface area contributed by atoms with Crippen molar-refractivity contribution >= 4 is 5.65 Å². The Hall–Kier alpha value is -2.14. The number of hydrogen-bond donors (Lipinski definition) is 0. The van der Waals surface area contributed by atoms with Crippen LogP contribution in [0.4, 0.5) is 0 Å². The highest BCUT2D eigenvalue weighted by atomic mass is 16.3. The molecule has 3 aromatic heterocycles. The third-order valence-electron chi connectivity index (χ3n) is 5.76. The van der Waals surface area contributed by atoms with E-state index in [0.717, 1.165) is 24.3 Å². The van der Waals surface area contributed by atoms with Crippen LogP contribution in [-0.2, 0) is 18.4 Å². The lowest BCUT2D eigenvalue weighted by Crippen LogP contribution is -2.38. The molecule has 1 fully saturated rings. The number of nitrogens with zero attached hydrogens (tertiary/aromatic N) is 4. The zero-order chi connectivity index (χ0) is 17.2. The van der Waals surface area contributed by atoms with E-state index in [4.69, 9.17) is 14.5 Å². The smallest absolute Gasteiger partial charge is 0.155 e. The van der Waals surface area contributed by atoms with Crippen molar-refractivity contribution in [2.75, 3.05) is 0 Å². The van der Waals surface area contributed by atoms with Crippen LogP contribution in [0.15, 0.2) is 35.3 Å². The number of furan rings is 1. The SMILES string of the molecule is CC(C)(C)c1cc2ncc3c(n2n1)CC1CCC3N1Cc1ccoc1. The second kappa shape index (κ2) is 5.18. The number of rotatable bonds is 2. The maximum Gasteiger partial charge on any atom is 0.155 e. The van der Waals surface area contributed by atoms with Crippen LogP contribution in [0.25, 0.3) is 5.65 Å². The van der Waals surface area contributed by atoms with Gasteiger partial charge < -0.3 is 4.42 Å². The molecule has 5 nitrogen and oxygen atoms in total. The Labute approximate surface area is 147 Å². The lowest BCUT2D eigenvalue weighted by atomic mass is 9.93. The molecular formula is C20H24N4O. The summed E-state index contributed by atoms with van der Waals surface area (Å²) in [5.74, 6) is 0. The van der Waals surface area contributed by atoms with Crippen LogP contribution in [0.2, 0.25) is 0 Å². The predicted octanol–water partition coefficient (Wildman–Crippen LogP) is 3.88. The van der Waals surface area contributed by atoms with Gasteiger partial charge in [0.1, 0.15) is 0 Å². The van der Waals surface area contributed by atoms with E-state index in [9.17, 15) is 0 Å². The van der Waals surface area contributed by atoms with Gasteiger partial charge in [-0.3, -0.25) is 4.90 Å². The van der Waals surface area contributed by atoms with Crippen LogP contribution in [0.3, 0.4) is 0 Å². The molecule has 2 aliphatic rings. The van der Waals surface area contributed by atoms with Crippen molar-refractivity contribution in [3.63, 3.8) is 0 Å². The lowest BCUT2D eigenvalue weighted by Gasteiger charge is -2.35. The largest absolute Gasteiger partial charge is 0.472 e. The summed E-state index contributed by atoms with van der Waals surface area (Å²) in [6, 6.07) is 5.24. The Balaban J connectivity index is 1.57. The first-order chi connectivity index (χ1) is 12.0. The van der Waals surface area contributed by atoms with Crippen molar-refractivity contribution in [3.8, 4) is 0 Å². The summed E-state index contributed by atoms with van der Waals surface area (Å²) in [5.41, 5.74) is 6.10. The molecule has 2 atom stereocenters. The van der Waals surface area contributed by atoms with Crippen LogP contribution in [0, 0.1) is 0 Å². The molecular weight excluding hydrogens is 312 g/mol.